The lowest BCUT2D eigenvalue weighted by molar-refractivity contribution is -0.144. The highest BCUT2D eigenvalue weighted by molar-refractivity contribution is 6.40. The number of amides is 5. The first kappa shape index (κ1) is 30.4. The minimum Gasteiger partial charge on any atom is -0.356 e. The van der Waals surface area contributed by atoms with Crippen molar-refractivity contribution in [2.75, 3.05) is 13.1 Å². The molecule has 0 aromatic heterocycles. The topological polar surface area (TPSA) is 154 Å². The molecule has 3 rings (SSSR count). The number of nitrogens with zero attached hydrogens (tertiary/aromatic N) is 2. The van der Waals surface area contributed by atoms with Crippen LogP contribution < -0.4 is 16.0 Å². The molecule has 0 aromatic carbocycles. The van der Waals surface area contributed by atoms with Crippen molar-refractivity contribution in [1.82, 2.24) is 20.9 Å². The molecule has 5 amide bonds. The van der Waals surface area contributed by atoms with Crippen LogP contribution in [0.5, 0.6) is 0 Å². The molecular formula is C28H43N5O6. The molecule has 3 N–H and O–H groups in total. The number of aliphatic imine (C=N–C) groups is 1. The van der Waals surface area contributed by atoms with Gasteiger partial charge >= 0.3 is 5.91 Å². The van der Waals surface area contributed by atoms with E-state index in [9.17, 15) is 28.8 Å². The van der Waals surface area contributed by atoms with Crippen LogP contribution >= 0.6 is 0 Å². The maximum Gasteiger partial charge on any atom is 0.315 e. The molecule has 0 unspecified atom stereocenters. The lowest BCUT2D eigenvalue weighted by Crippen LogP contribution is -2.58. The third-order valence-corrected chi connectivity index (χ3v) is 7.80. The van der Waals surface area contributed by atoms with Crippen LogP contribution in [-0.4, -0.2) is 77.1 Å². The fourth-order valence-electron chi connectivity index (χ4n) is 5.57. The molecule has 1 aliphatic carbocycles. The van der Waals surface area contributed by atoms with E-state index in [1.165, 1.54) is 4.90 Å². The zero-order valence-corrected chi connectivity index (χ0v) is 23.8. The van der Waals surface area contributed by atoms with Crippen LogP contribution in [0.4, 0.5) is 0 Å². The zero-order chi connectivity index (χ0) is 28.9. The average Bonchev–Trinajstić information content (AvgIpc) is 3.62. The van der Waals surface area contributed by atoms with Crippen LogP contribution in [0.3, 0.4) is 0 Å². The number of Topliss-reactive ketones (excluding diaryl/α,β-unsaturated/α-hetero) is 1. The van der Waals surface area contributed by atoms with Gasteiger partial charge in [0.05, 0.1) is 6.04 Å². The molecule has 2 heterocycles. The van der Waals surface area contributed by atoms with Crippen molar-refractivity contribution >= 4 is 41.0 Å². The minimum absolute atomic E-state index is 0.00363. The second-order valence-electron chi connectivity index (χ2n) is 12.2. The van der Waals surface area contributed by atoms with Gasteiger partial charge in [0, 0.05) is 30.1 Å². The molecule has 0 bridgehead atoms. The van der Waals surface area contributed by atoms with Crippen molar-refractivity contribution in [2.24, 2.45) is 22.2 Å². The molecule has 11 nitrogen and oxygen atoms in total. The smallest absolute Gasteiger partial charge is 0.315 e. The van der Waals surface area contributed by atoms with E-state index in [0.29, 0.717) is 38.1 Å². The standard InChI is InChI=1S/C28H43N5O6/c1-16(2)30-25(37)22(34)19(15-18-12-13-29-23(18)35)31-24(36)20-11-8-14-33(20)26(38)21(17-9-6-7-10-17)32-27(39)28(3,4)5/h17-21H,6-15H2,1-5H3,(H,29,35)(H,31,36)(H,32,39)/t18-,19-,20-,21-/m0/s1. The molecule has 0 radical (unpaired) electrons. The number of carbonyl (C=O) groups is 6. The number of ketones is 1. The number of hydrogen-bond acceptors (Lipinski definition) is 6. The monoisotopic (exact) mass is 545 g/mol. The van der Waals surface area contributed by atoms with Gasteiger partial charge in [-0.3, -0.25) is 28.8 Å². The van der Waals surface area contributed by atoms with Crippen LogP contribution in [0, 0.1) is 17.3 Å². The second-order valence-corrected chi connectivity index (χ2v) is 12.2. The average molecular weight is 546 g/mol. The van der Waals surface area contributed by atoms with Crippen molar-refractivity contribution in [3.63, 3.8) is 0 Å². The fraction of sp³-hybridized carbons (Fsp3) is 0.750. The largest absolute Gasteiger partial charge is 0.356 e. The number of rotatable bonds is 9. The van der Waals surface area contributed by atoms with Crippen molar-refractivity contribution < 1.29 is 28.8 Å². The van der Waals surface area contributed by atoms with Crippen LogP contribution in [0.1, 0.15) is 86.0 Å². The number of carbonyl (C=O) groups excluding carboxylic acids is 6. The Labute approximate surface area is 230 Å². The highest BCUT2D eigenvalue weighted by Gasteiger charge is 2.43. The number of hydrogen-bond donors (Lipinski definition) is 3. The first-order valence-corrected chi connectivity index (χ1v) is 14.1. The molecule has 0 spiro atoms. The zero-order valence-electron chi connectivity index (χ0n) is 23.8. The molecule has 11 heteroatoms. The molecule has 2 aliphatic heterocycles. The summed E-state index contributed by atoms with van der Waals surface area (Å²) in [5.41, 5.74) is -0.273. The summed E-state index contributed by atoms with van der Waals surface area (Å²) in [6, 6.07) is -2.80. The van der Waals surface area contributed by atoms with Crippen molar-refractivity contribution in [3.05, 3.63) is 0 Å². The van der Waals surface area contributed by atoms with Crippen LogP contribution in [0.2, 0.25) is 0 Å². The second kappa shape index (κ2) is 12.8. The van der Waals surface area contributed by atoms with Crippen molar-refractivity contribution in [2.45, 2.75) is 104 Å². The van der Waals surface area contributed by atoms with E-state index >= 15 is 0 Å². The Hall–Kier alpha value is -3.11. The Balaban J connectivity index is 1.79. The first-order valence-electron chi connectivity index (χ1n) is 14.1. The van der Waals surface area contributed by atoms with Gasteiger partial charge in [-0.1, -0.05) is 33.6 Å². The molecule has 2 saturated heterocycles. The van der Waals surface area contributed by atoms with Gasteiger partial charge in [0.15, 0.2) is 0 Å². The summed E-state index contributed by atoms with van der Waals surface area (Å²) in [6.07, 6.45) is 5.08. The number of nitrogens with one attached hydrogen (secondary N) is 3. The Morgan fingerprint density at radius 3 is 2.23 bits per heavy atom. The van der Waals surface area contributed by atoms with Gasteiger partial charge < -0.3 is 20.9 Å². The Bertz CT molecular complexity index is 1020. The Morgan fingerprint density at radius 2 is 1.67 bits per heavy atom. The maximum atomic E-state index is 13.8. The van der Waals surface area contributed by atoms with Crippen LogP contribution in [-0.2, 0) is 28.8 Å². The van der Waals surface area contributed by atoms with E-state index in [1.807, 2.05) is 0 Å². The molecule has 0 aromatic rings. The molecular weight excluding hydrogens is 502 g/mol. The molecule has 39 heavy (non-hydrogen) atoms. The van der Waals surface area contributed by atoms with E-state index in [2.05, 4.69) is 20.9 Å². The van der Waals surface area contributed by atoms with E-state index in [4.69, 9.17) is 0 Å². The summed E-state index contributed by atoms with van der Waals surface area (Å²) in [7, 11) is 0. The lowest BCUT2D eigenvalue weighted by Gasteiger charge is -2.33. The minimum atomic E-state index is -1.23. The van der Waals surface area contributed by atoms with Crippen LogP contribution in [0.15, 0.2) is 4.99 Å². The van der Waals surface area contributed by atoms with E-state index in [-0.39, 0.29) is 30.1 Å². The number of likely N-dealkylation sites (tertiary alicyclic amines) is 1. The highest BCUT2D eigenvalue weighted by Crippen LogP contribution is 2.31. The van der Waals surface area contributed by atoms with Gasteiger partial charge in [0.1, 0.15) is 12.1 Å². The summed E-state index contributed by atoms with van der Waals surface area (Å²) in [5, 5.41) is 8.35. The molecule has 3 aliphatic rings. The highest BCUT2D eigenvalue weighted by atomic mass is 16.2. The van der Waals surface area contributed by atoms with Gasteiger partial charge in [-0.05, 0) is 58.3 Å². The van der Waals surface area contributed by atoms with E-state index in [1.54, 1.807) is 34.6 Å². The Morgan fingerprint density at radius 1 is 1.00 bits per heavy atom. The SMILES string of the molecule is CC(C)=NC(=O)C(=O)[C@H](C[C@@H]1CCNC1=O)NC(=O)[C@@H]1CCCN1C(=O)[C@@H](NC(=O)C(C)(C)C)C1CCCC1. The summed E-state index contributed by atoms with van der Waals surface area (Å²) < 4.78 is 0. The van der Waals surface area contributed by atoms with E-state index < -0.39 is 47.1 Å². The first-order chi connectivity index (χ1) is 18.3. The van der Waals surface area contributed by atoms with Gasteiger partial charge in [-0.15, -0.1) is 0 Å². The predicted octanol–water partition coefficient (Wildman–Crippen LogP) is 1.29. The molecule has 4 atom stereocenters. The third-order valence-electron chi connectivity index (χ3n) is 7.80. The van der Waals surface area contributed by atoms with Gasteiger partial charge in [-0.25, -0.2) is 4.99 Å². The summed E-state index contributed by atoms with van der Waals surface area (Å²) in [5.74, 6) is -3.68. The summed E-state index contributed by atoms with van der Waals surface area (Å²) >= 11 is 0. The van der Waals surface area contributed by atoms with Gasteiger partial charge in [-0.2, -0.15) is 0 Å². The van der Waals surface area contributed by atoms with Crippen molar-refractivity contribution in [1.29, 1.82) is 0 Å². The summed E-state index contributed by atoms with van der Waals surface area (Å²) in [4.78, 5) is 83.0. The summed E-state index contributed by atoms with van der Waals surface area (Å²) in [6.45, 7) is 9.36. The normalized spacial score (nSPS) is 23.1. The third kappa shape index (κ3) is 7.73. The van der Waals surface area contributed by atoms with Crippen molar-refractivity contribution in [3.8, 4) is 0 Å². The maximum absolute atomic E-state index is 13.8. The fourth-order valence-corrected chi connectivity index (χ4v) is 5.57. The molecule has 3 fully saturated rings. The Kier molecular flexibility index (Phi) is 10.0. The molecule has 216 valence electrons. The predicted molar refractivity (Wildman–Crippen MR) is 145 cm³/mol. The van der Waals surface area contributed by atoms with Crippen LogP contribution in [0.25, 0.3) is 0 Å². The lowest BCUT2D eigenvalue weighted by atomic mass is 9.91. The quantitative estimate of drug-likeness (QED) is 0.293. The van der Waals surface area contributed by atoms with Gasteiger partial charge in [0.25, 0.3) is 0 Å². The van der Waals surface area contributed by atoms with E-state index in [0.717, 1.165) is 25.7 Å². The molecule has 1 saturated carbocycles. The van der Waals surface area contributed by atoms with Gasteiger partial charge in [0.2, 0.25) is 29.4 Å².